The summed E-state index contributed by atoms with van der Waals surface area (Å²) in [6.07, 6.45) is -3.31. The van der Waals surface area contributed by atoms with E-state index in [4.69, 9.17) is 5.21 Å². The maximum Gasteiger partial charge on any atom is 0.419 e. The van der Waals surface area contributed by atoms with E-state index >= 15 is 0 Å². The summed E-state index contributed by atoms with van der Waals surface area (Å²) in [6, 6.07) is 8.65. The number of halogens is 3. The van der Waals surface area contributed by atoms with Crippen LogP contribution in [0.4, 0.5) is 13.2 Å². The number of phenolic OH excluding ortho intramolecular Hbond substituents is 1. The molecule has 0 heterocycles. The van der Waals surface area contributed by atoms with Crippen LogP contribution in [0.1, 0.15) is 23.1 Å². The SMILES string of the molecule is O/N=C1\CCc2cc(-c3ccc(O)c(C(F)(F)F)c3)ccc21. The number of hydrogen-bond acceptors (Lipinski definition) is 3. The van der Waals surface area contributed by atoms with Gasteiger partial charge in [0.1, 0.15) is 5.75 Å². The van der Waals surface area contributed by atoms with Gasteiger partial charge < -0.3 is 10.3 Å². The summed E-state index contributed by atoms with van der Waals surface area (Å²) in [6.45, 7) is 0. The molecular weight excluding hydrogens is 295 g/mol. The summed E-state index contributed by atoms with van der Waals surface area (Å²) in [5.74, 6) is -0.785. The van der Waals surface area contributed by atoms with E-state index in [1.54, 1.807) is 18.2 Å². The molecule has 0 spiro atoms. The third-order valence-corrected chi connectivity index (χ3v) is 3.80. The highest BCUT2D eigenvalue weighted by molar-refractivity contribution is 6.04. The van der Waals surface area contributed by atoms with E-state index in [1.807, 2.05) is 0 Å². The second-order valence-electron chi connectivity index (χ2n) is 5.15. The molecule has 0 fully saturated rings. The standard InChI is InChI=1S/C16H12F3NO2/c17-16(18,19)13-8-10(3-6-15(13)21)9-1-4-12-11(7-9)2-5-14(12)20-22/h1,3-4,6-8,21-22H,2,5H2/b20-14+. The molecule has 2 aromatic rings. The van der Waals surface area contributed by atoms with Crippen molar-refractivity contribution in [3.8, 4) is 16.9 Å². The van der Waals surface area contributed by atoms with E-state index < -0.39 is 17.5 Å². The van der Waals surface area contributed by atoms with Gasteiger partial charge in [0.25, 0.3) is 0 Å². The van der Waals surface area contributed by atoms with Gasteiger partial charge in [-0.05, 0) is 41.7 Å². The zero-order valence-electron chi connectivity index (χ0n) is 11.4. The fraction of sp³-hybridized carbons (Fsp3) is 0.188. The van der Waals surface area contributed by atoms with Crippen molar-refractivity contribution >= 4 is 5.71 Å². The van der Waals surface area contributed by atoms with E-state index in [0.717, 1.165) is 23.3 Å². The second kappa shape index (κ2) is 5.05. The molecule has 114 valence electrons. The minimum Gasteiger partial charge on any atom is -0.507 e. The highest BCUT2D eigenvalue weighted by Crippen LogP contribution is 2.38. The van der Waals surface area contributed by atoms with Crippen molar-refractivity contribution in [3.05, 3.63) is 53.1 Å². The number of benzene rings is 2. The molecule has 0 amide bonds. The van der Waals surface area contributed by atoms with Crippen LogP contribution < -0.4 is 0 Å². The Kier molecular flexibility index (Phi) is 3.31. The summed E-state index contributed by atoms with van der Waals surface area (Å²) >= 11 is 0. The van der Waals surface area contributed by atoms with Gasteiger partial charge in [0, 0.05) is 5.56 Å². The molecule has 6 heteroatoms. The van der Waals surface area contributed by atoms with Crippen molar-refractivity contribution in [1.29, 1.82) is 0 Å². The average Bonchev–Trinajstić information content (AvgIpc) is 2.88. The Hall–Kier alpha value is -2.50. The van der Waals surface area contributed by atoms with E-state index in [9.17, 15) is 18.3 Å². The van der Waals surface area contributed by atoms with Crippen LogP contribution in [0.15, 0.2) is 41.6 Å². The molecule has 2 N–H and O–H groups in total. The Labute approximate surface area is 124 Å². The van der Waals surface area contributed by atoms with Gasteiger partial charge in [0.05, 0.1) is 11.3 Å². The van der Waals surface area contributed by atoms with Gasteiger partial charge in [-0.15, -0.1) is 0 Å². The molecule has 0 atom stereocenters. The molecule has 0 saturated carbocycles. The predicted molar refractivity (Wildman–Crippen MR) is 75.2 cm³/mol. The lowest BCUT2D eigenvalue weighted by Gasteiger charge is -2.12. The van der Waals surface area contributed by atoms with Crippen molar-refractivity contribution < 1.29 is 23.5 Å². The predicted octanol–water partition coefficient (Wildman–Crippen LogP) is 4.20. The van der Waals surface area contributed by atoms with Crippen molar-refractivity contribution in [3.63, 3.8) is 0 Å². The number of aryl methyl sites for hydroxylation is 1. The number of nitrogens with zero attached hydrogens (tertiary/aromatic N) is 1. The Morgan fingerprint density at radius 3 is 2.32 bits per heavy atom. The average molecular weight is 307 g/mol. The molecule has 3 nitrogen and oxygen atoms in total. The zero-order valence-corrected chi connectivity index (χ0v) is 11.4. The van der Waals surface area contributed by atoms with Gasteiger partial charge in [0.15, 0.2) is 0 Å². The van der Waals surface area contributed by atoms with Crippen molar-refractivity contribution in [2.24, 2.45) is 5.16 Å². The molecule has 1 aliphatic carbocycles. The normalized spacial score (nSPS) is 16.0. The van der Waals surface area contributed by atoms with E-state index in [-0.39, 0.29) is 0 Å². The lowest BCUT2D eigenvalue weighted by atomic mass is 9.98. The van der Waals surface area contributed by atoms with Crippen LogP contribution in [0.3, 0.4) is 0 Å². The smallest absolute Gasteiger partial charge is 0.419 e. The van der Waals surface area contributed by atoms with Crippen LogP contribution >= 0.6 is 0 Å². The second-order valence-corrected chi connectivity index (χ2v) is 5.15. The number of alkyl halides is 3. The lowest BCUT2D eigenvalue weighted by molar-refractivity contribution is -0.138. The zero-order chi connectivity index (χ0) is 15.9. The molecule has 0 aromatic heterocycles. The number of phenols is 1. The lowest BCUT2D eigenvalue weighted by Crippen LogP contribution is -2.05. The maximum absolute atomic E-state index is 12.9. The Morgan fingerprint density at radius 2 is 1.64 bits per heavy atom. The Balaban J connectivity index is 2.06. The summed E-state index contributed by atoms with van der Waals surface area (Å²) < 4.78 is 38.6. The molecule has 3 rings (SSSR count). The molecule has 22 heavy (non-hydrogen) atoms. The number of aromatic hydroxyl groups is 1. The summed E-state index contributed by atoms with van der Waals surface area (Å²) in [5.41, 5.74) is 2.30. The maximum atomic E-state index is 12.9. The van der Waals surface area contributed by atoms with E-state index in [1.165, 1.54) is 6.07 Å². The molecule has 0 aliphatic heterocycles. The monoisotopic (exact) mass is 307 g/mol. The molecule has 0 unspecified atom stereocenters. The number of rotatable bonds is 1. The van der Waals surface area contributed by atoms with Crippen molar-refractivity contribution in [1.82, 2.24) is 0 Å². The third-order valence-electron chi connectivity index (χ3n) is 3.80. The highest BCUT2D eigenvalue weighted by Gasteiger charge is 2.34. The fourth-order valence-corrected chi connectivity index (χ4v) is 2.70. The third kappa shape index (κ3) is 2.41. The van der Waals surface area contributed by atoms with Gasteiger partial charge in [-0.3, -0.25) is 0 Å². The largest absolute Gasteiger partial charge is 0.507 e. The molecular formula is C16H12F3NO2. The van der Waals surface area contributed by atoms with Crippen LogP contribution in [-0.4, -0.2) is 16.0 Å². The molecule has 0 saturated heterocycles. The molecule has 0 radical (unpaired) electrons. The van der Waals surface area contributed by atoms with E-state index in [2.05, 4.69) is 5.16 Å². The highest BCUT2D eigenvalue weighted by atomic mass is 19.4. The molecule has 1 aliphatic rings. The first-order valence-corrected chi connectivity index (χ1v) is 6.65. The van der Waals surface area contributed by atoms with Crippen LogP contribution in [0.2, 0.25) is 0 Å². The first-order chi connectivity index (χ1) is 10.4. The van der Waals surface area contributed by atoms with Crippen LogP contribution in [0.5, 0.6) is 5.75 Å². The van der Waals surface area contributed by atoms with Crippen molar-refractivity contribution in [2.75, 3.05) is 0 Å². The molecule has 0 bridgehead atoms. The minimum absolute atomic E-state index is 0.377. The van der Waals surface area contributed by atoms with Gasteiger partial charge in [0.2, 0.25) is 0 Å². The van der Waals surface area contributed by atoms with Gasteiger partial charge in [-0.25, -0.2) is 0 Å². The van der Waals surface area contributed by atoms with Crippen LogP contribution in [0.25, 0.3) is 11.1 Å². The number of hydrogen-bond donors (Lipinski definition) is 2. The van der Waals surface area contributed by atoms with Crippen LogP contribution in [0, 0.1) is 0 Å². The quantitative estimate of drug-likeness (QED) is 0.613. The minimum atomic E-state index is -4.60. The van der Waals surface area contributed by atoms with Crippen molar-refractivity contribution in [2.45, 2.75) is 19.0 Å². The summed E-state index contributed by atoms with van der Waals surface area (Å²) in [4.78, 5) is 0. The topological polar surface area (TPSA) is 52.8 Å². The number of fused-ring (bicyclic) bond motifs is 1. The first kappa shape index (κ1) is 14.4. The first-order valence-electron chi connectivity index (χ1n) is 6.65. The van der Waals surface area contributed by atoms with E-state index in [0.29, 0.717) is 29.7 Å². The fourth-order valence-electron chi connectivity index (χ4n) is 2.70. The number of oxime groups is 1. The van der Waals surface area contributed by atoms with Crippen LogP contribution in [-0.2, 0) is 12.6 Å². The van der Waals surface area contributed by atoms with Gasteiger partial charge in [-0.1, -0.05) is 29.4 Å². The Morgan fingerprint density at radius 1 is 0.955 bits per heavy atom. The molecule has 2 aromatic carbocycles. The van der Waals surface area contributed by atoms with Gasteiger partial charge in [-0.2, -0.15) is 13.2 Å². The van der Waals surface area contributed by atoms with Gasteiger partial charge >= 0.3 is 6.18 Å². The summed E-state index contributed by atoms with van der Waals surface area (Å²) in [7, 11) is 0. The Bertz CT molecular complexity index is 766. The summed E-state index contributed by atoms with van der Waals surface area (Å²) in [5, 5.41) is 21.5.